The number of likely N-dealkylation sites (tertiary alicyclic amines) is 1. The third-order valence-electron chi connectivity index (χ3n) is 4.99. The van der Waals surface area contributed by atoms with Crippen LogP contribution in [-0.4, -0.2) is 69.1 Å². The fourth-order valence-corrected chi connectivity index (χ4v) is 4.47. The number of nitrogens with one attached hydrogen (secondary N) is 1. The first-order valence-corrected chi connectivity index (χ1v) is 10.7. The summed E-state index contributed by atoms with van der Waals surface area (Å²) in [5.41, 5.74) is 0. The Morgan fingerprint density at radius 3 is 2.48 bits per heavy atom. The number of rotatable bonds is 6. The molecule has 23 heavy (non-hydrogen) atoms. The molecule has 0 radical (unpaired) electrons. The van der Waals surface area contributed by atoms with Crippen LogP contribution in [0.3, 0.4) is 0 Å². The number of carbonyl (C=O) groups is 1. The number of amides is 1. The fraction of sp³-hybridized carbons (Fsp3) is 0.938. The van der Waals surface area contributed by atoms with E-state index in [0.717, 1.165) is 25.4 Å². The summed E-state index contributed by atoms with van der Waals surface area (Å²) in [6.45, 7) is 7.36. The van der Waals surface area contributed by atoms with Gasteiger partial charge in [-0.15, -0.1) is 0 Å². The molecule has 6 nitrogen and oxygen atoms in total. The fourth-order valence-electron chi connectivity index (χ4n) is 3.60. The van der Waals surface area contributed by atoms with E-state index < -0.39 is 10.0 Å². The van der Waals surface area contributed by atoms with E-state index in [1.165, 1.54) is 36.5 Å². The summed E-state index contributed by atoms with van der Waals surface area (Å²) in [6.07, 6.45) is 6.09. The van der Waals surface area contributed by atoms with Crippen LogP contribution < -0.4 is 5.32 Å². The van der Waals surface area contributed by atoms with E-state index in [4.69, 9.17) is 0 Å². The van der Waals surface area contributed by atoms with Crippen LogP contribution in [0.1, 0.15) is 39.0 Å². The van der Waals surface area contributed by atoms with Crippen molar-refractivity contribution in [3.63, 3.8) is 0 Å². The zero-order chi connectivity index (χ0) is 16.9. The van der Waals surface area contributed by atoms with Crippen molar-refractivity contribution < 1.29 is 13.2 Å². The predicted octanol–water partition coefficient (Wildman–Crippen LogP) is 0.896. The minimum Gasteiger partial charge on any atom is -0.356 e. The molecule has 1 N–H and O–H groups in total. The number of piperidine rings is 2. The van der Waals surface area contributed by atoms with Gasteiger partial charge in [-0.3, -0.25) is 4.79 Å². The number of carbonyl (C=O) groups excluding carboxylic acids is 1. The lowest BCUT2D eigenvalue weighted by Gasteiger charge is -2.31. The van der Waals surface area contributed by atoms with E-state index in [2.05, 4.69) is 17.1 Å². The summed E-state index contributed by atoms with van der Waals surface area (Å²) in [5, 5.41) is 3.02. The second-order valence-corrected chi connectivity index (χ2v) is 9.11. The van der Waals surface area contributed by atoms with E-state index in [-0.39, 0.29) is 11.8 Å². The van der Waals surface area contributed by atoms with Gasteiger partial charge < -0.3 is 10.2 Å². The Labute approximate surface area is 140 Å². The summed E-state index contributed by atoms with van der Waals surface area (Å²) >= 11 is 0. The van der Waals surface area contributed by atoms with Gasteiger partial charge in [0, 0.05) is 32.1 Å². The summed E-state index contributed by atoms with van der Waals surface area (Å²) in [7, 11) is -3.12. The van der Waals surface area contributed by atoms with Gasteiger partial charge >= 0.3 is 0 Å². The summed E-state index contributed by atoms with van der Waals surface area (Å²) in [6, 6.07) is 0. The third-order valence-corrected chi connectivity index (χ3v) is 6.29. The minimum absolute atomic E-state index is 0.0389. The Kier molecular flexibility index (Phi) is 6.85. The zero-order valence-electron chi connectivity index (χ0n) is 14.5. The van der Waals surface area contributed by atoms with Crippen LogP contribution in [0.25, 0.3) is 0 Å². The van der Waals surface area contributed by atoms with Gasteiger partial charge in [0.2, 0.25) is 15.9 Å². The van der Waals surface area contributed by atoms with Crippen molar-refractivity contribution in [2.75, 3.05) is 45.5 Å². The highest BCUT2D eigenvalue weighted by Crippen LogP contribution is 2.19. The van der Waals surface area contributed by atoms with Crippen LogP contribution in [0, 0.1) is 11.8 Å². The van der Waals surface area contributed by atoms with Gasteiger partial charge in [0.1, 0.15) is 0 Å². The lowest BCUT2D eigenvalue weighted by Crippen LogP contribution is -2.43. The highest BCUT2D eigenvalue weighted by molar-refractivity contribution is 7.88. The molecule has 0 spiro atoms. The number of sulfonamides is 1. The van der Waals surface area contributed by atoms with Crippen molar-refractivity contribution in [3.8, 4) is 0 Å². The minimum atomic E-state index is -3.12. The van der Waals surface area contributed by atoms with Crippen molar-refractivity contribution in [2.24, 2.45) is 11.8 Å². The smallest absolute Gasteiger partial charge is 0.223 e. The van der Waals surface area contributed by atoms with Crippen molar-refractivity contribution in [1.29, 1.82) is 0 Å². The lowest BCUT2D eigenvalue weighted by atomic mass is 9.97. The Morgan fingerprint density at radius 2 is 1.87 bits per heavy atom. The van der Waals surface area contributed by atoms with Crippen molar-refractivity contribution in [3.05, 3.63) is 0 Å². The first kappa shape index (κ1) is 18.7. The molecule has 2 aliphatic heterocycles. The maximum absolute atomic E-state index is 12.2. The van der Waals surface area contributed by atoms with Crippen molar-refractivity contribution in [1.82, 2.24) is 14.5 Å². The van der Waals surface area contributed by atoms with Crippen LogP contribution in [0.5, 0.6) is 0 Å². The van der Waals surface area contributed by atoms with E-state index in [1.54, 1.807) is 0 Å². The largest absolute Gasteiger partial charge is 0.356 e. The summed E-state index contributed by atoms with van der Waals surface area (Å²) < 4.78 is 24.4. The highest BCUT2D eigenvalue weighted by Gasteiger charge is 2.28. The standard InChI is InChI=1S/C16H31N3O3S/c1-14-5-3-9-18(13-14)10-4-8-17-16(20)15-6-11-19(12-7-15)23(2,21)22/h14-15H,3-13H2,1-2H3,(H,17,20)/t14-/m1/s1. The normalized spacial score (nSPS) is 25.4. The number of hydrogen-bond acceptors (Lipinski definition) is 4. The van der Waals surface area contributed by atoms with Crippen LogP contribution in [-0.2, 0) is 14.8 Å². The molecule has 0 aromatic rings. The molecule has 2 rings (SSSR count). The number of nitrogens with zero attached hydrogens (tertiary/aromatic N) is 2. The Morgan fingerprint density at radius 1 is 1.17 bits per heavy atom. The topological polar surface area (TPSA) is 69.7 Å². The first-order valence-electron chi connectivity index (χ1n) is 8.81. The van der Waals surface area contributed by atoms with E-state index in [1.807, 2.05) is 0 Å². The molecular formula is C16H31N3O3S. The Bertz CT molecular complexity index is 487. The average Bonchev–Trinajstić information content (AvgIpc) is 2.51. The summed E-state index contributed by atoms with van der Waals surface area (Å²) in [5.74, 6) is 0.839. The molecule has 0 aromatic carbocycles. The Hall–Kier alpha value is -0.660. The molecule has 2 heterocycles. The first-order chi connectivity index (χ1) is 10.9. The van der Waals surface area contributed by atoms with E-state index in [9.17, 15) is 13.2 Å². The van der Waals surface area contributed by atoms with Gasteiger partial charge in [-0.1, -0.05) is 6.92 Å². The Balaban J connectivity index is 1.60. The highest BCUT2D eigenvalue weighted by atomic mass is 32.2. The SMILES string of the molecule is C[C@@H]1CCCN(CCCNC(=O)C2CCN(S(C)(=O)=O)CC2)C1. The molecule has 2 aliphatic rings. The van der Waals surface area contributed by atoms with Gasteiger partial charge in [-0.2, -0.15) is 0 Å². The molecule has 0 aromatic heterocycles. The van der Waals surface area contributed by atoms with E-state index in [0.29, 0.717) is 25.9 Å². The molecule has 0 saturated carbocycles. The zero-order valence-corrected chi connectivity index (χ0v) is 15.3. The second kappa shape index (κ2) is 8.44. The average molecular weight is 346 g/mol. The maximum atomic E-state index is 12.2. The molecule has 134 valence electrons. The van der Waals surface area contributed by atoms with Gasteiger partial charge in [0.05, 0.1) is 6.26 Å². The quantitative estimate of drug-likeness (QED) is 0.726. The molecule has 1 atom stereocenters. The van der Waals surface area contributed by atoms with Crippen LogP contribution in [0.2, 0.25) is 0 Å². The molecule has 2 fully saturated rings. The van der Waals surface area contributed by atoms with Crippen LogP contribution in [0.15, 0.2) is 0 Å². The maximum Gasteiger partial charge on any atom is 0.223 e. The third kappa shape index (κ3) is 6.04. The molecule has 0 aliphatic carbocycles. The van der Waals surface area contributed by atoms with Crippen LogP contribution >= 0.6 is 0 Å². The molecule has 1 amide bonds. The van der Waals surface area contributed by atoms with Gasteiger partial charge in [0.25, 0.3) is 0 Å². The molecule has 7 heteroatoms. The monoisotopic (exact) mass is 345 g/mol. The van der Waals surface area contributed by atoms with Crippen molar-refractivity contribution in [2.45, 2.75) is 39.0 Å². The van der Waals surface area contributed by atoms with Gasteiger partial charge in [-0.25, -0.2) is 12.7 Å². The predicted molar refractivity (Wildman–Crippen MR) is 91.6 cm³/mol. The summed E-state index contributed by atoms with van der Waals surface area (Å²) in [4.78, 5) is 14.7. The number of hydrogen-bond donors (Lipinski definition) is 1. The van der Waals surface area contributed by atoms with Crippen molar-refractivity contribution >= 4 is 15.9 Å². The van der Waals surface area contributed by atoms with E-state index >= 15 is 0 Å². The molecule has 0 bridgehead atoms. The molecule has 0 unspecified atom stereocenters. The molecule has 2 saturated heterocycles. The van der Waals surface area contributed by atoms with Crippen LogP contribution in [0.4, 0.5) is 0 Å². The molecular weight excluding hydrogens is 314 g/mol. The second-order valence-electron chi connectivity index (χ2n) is 7.13. The lowest BCUT2D eigenvalue weighted by molar-refractivity contribution is -0.126. The van der Waals surface area contributed by atoms with Gasteiger partial charge in [0.15, 0.2) is 0 Å². The van der Waals surface area contributed by atoms with Gasteiger partial charge in [-0.05, 0) is 51.1 Å².